The Hall–Kier alpha value is -0.450. The molecule has 1 aromatic carbocycles. The van der Waals surface area contributed by atoms with Crippen LogP contribution in [0.4, 0.5) is 4.39 Å². The molecule has 1 heterocycles. The molecule has 16 heavy (non-hydrogen) atoms. The molecule has 2 rings (SSSR count). The van der Waals surface area contributed by atoms with Gasteiger partial charge < -0.3 is 10.0 Å². The van der Waals surface area contributed by atoms with Crippen molar-refractivity contribution in [3.63, 3.8) is 0 Å². The summed E-state index contributed by atoms with van der Waals surface area (Å²) in [6.07, 6.45) is 0.566. The Morgan fingerprint density at radius 1 is 1.56 bits per heavy atom. The molecule has 0 saturated carbocycles. The summed E-state index contributed by atoms with van der Waals surface area (Å²) in [6.45, 7) is 2.51. The van der Waals surface area contributed by atoms with Gasteiger partial charge >= 0.3 is 0 Å². The number of rotatable bonds is 1. The molecule has 0 spiro atoms. The molecule has 0 amide bonds. The lowest BCUT2D eigenvalue weighted by Crippen LogP contribution is -2.30. The van der Waals surface area contributed by atoms with Crippen molar-refractivity contribution < 1.29 is 9.50 Å². The Morgan fingerprint density at radius 3 is 2.81 bits per heavy atom. The molecule has 1 N–H and O–H groups in total. The highest BCUT2D eigenvalue weighted by Gasteiger charge is 2.41. The van der Waals surface area contributed by atoms with Crippen LogP contribution in [0.1, 0.15) is 18.9 Å². The third-order valence-corrected chi connectivity index (χ3v) is 3.82. The van der Waals surface area contributed by atoms with Gasteiger partial charge in [0, 0.05) is 22.6 Å². The second kappa shape index (κ2) is 4.09. The van der Waals surface area contributed by atoms with E-state index in [0.29, 0.717) is 18.5 Å². The summed E-state index contributed by atoms with van der Waals surface area (Å²) >= 11 is 3.31. The summed E-state index contributed by atoms with van der Waals surface area (Å²) < 4.78 is 14.5. The van der Waals surface area contributed by atoms with Crippen LogP contribution in [0.25, 0.3) is 0 Å². The van der Waals surface area contributed by atoms with Gasteiger partial charge in [0.2, 0.25) is 0 Å². The molecule has 0 aromatic heterocycles. The van der Waals surface area contributed by atoms with Crippen molar-refractivity contribution in [2.75, 3.05) is 13.6 Å². The minimum atomic E-state index is -1.07. The monoisotopic (exact) mass is 287 g/mol. The minimum absolute atomic E-state index is 0.267. The Balaban J connectivity index is 2.40. The maximum atomic E-state index is 13.7. The summed E-state index contributed by atoms with van der Waals surface area (Å²) in [6, 6.07) is 4.97. The van der Waals surface area contributed by atoms with Crippen LogP contribution in [0.2, 0.25) is 0 Å². The first kappa shape index (κ1) is 12.0. The lowest BCUT2D eigenvalue weighted by molar-refractivity contribution is 0.0448. The van der Waals surface area contributed by atoms with Crippen LogP contribution in [-0.2, 0) is 5.60 Å². The maximum absolute atomic E-state index is 13.7. The van der Waals surface area contributed by atoms with Gasteiger partial charge in [-0.3, -0.25) is 0 Å². The Morgan fingerprint density at radius 2 is 2.25 bits per heavy atom. The third kappa shape index (κ3) is 2.01. The smallest absolute Gasteiger partial charge is 0.129 e. The molecule has 2 atom stereocenters. The second-order valence-corrected chi connectivity index (χ2v) is 5.54. The molecule has 1 aliphatic heterocycles. The van der Waals surface area contributed by atoms with Crippen LogP contribution in [0.5, 0.6) is 0 Å². The highest BCUT2D eigenvalue weighted by molar-refractivity contribution is 9.10. The number of hydrogen-bond donors (Lipinski definition) is 1. The number of nitrogens with zero attached hydrogens (tertiary/aromatic N) is 1. The molecule has 0 aliphatic carbocycles. The van der Waals surface area contributed by atoms with E-state index in [1.54, 1.807) is 12.1 Å². The fourth-order valence-electron chi connectivity index (χ4n) is 2.33. The van der Waals surface area contributed by atoms with E-state index in [2.05, 4.69) is 15.9 Å². The highest BCUT2D eigenvalue weighted by atomic mass is 79.9. The third-order valence-electron chi connectivity index (χ3n) is 3.33. The predicted octanol–water partition coefficient (Wildman–Crippen LogP) is 2.50. The topological polar surface area (TPSA) is 23.5 Å². The summed E-state index contributed by atoms with van der Waals surface area (Å²) in [5, 5.41) is 10.5. The van der Waals surface area contributed by atoms with Crippen LogP contribution in [0.3, 0.4) is 0 Å². The second-order valence-electron chi connectivity index (χ2n) is 4.62. The first-order valence-corrected chi connectivity index (χ1v) is 6.10. The number of likely N-dealkylation sites (N-methyl/N-ethyl adjacent to an activating group) is 1. The Labute approximate surface area is 103 Å². The van der Waals surface area contributed by atoms with Crippen molar-refractivity contribution in [1.29, 1.82) is 0 Å². The number of aliphatic hydroxyl groups is 1. The van der Waals surface area contributed by atoms with E-state index in [1.165, 1.54) is 6.07 Å². The van der Waals surface area contributed by atoms with Crippen LogP contribution in [0, 0.1) is 5.82 Å². The standard InChI is InChI=1S/C12H15BrFNO/c1-8-6-12(16,7-15(8)2)10-5-9(13)3-4-11(10)14/h3-5,8,16H,6-7H2,1-2H3. The van der Waals surface area contributed by atoms with Gasteiger partial charge in [0.15, 0.2) is 0 Å². The fraction of sp³-hybridized carbons (Fsp3) is 0.500. The summed E-state index contributed by atoms with van der Waals surface area (Å²) in [7, 11) is 1.94. The van der Waals surface area contributed by atoms with Crippen LogP contribution in [-0.4, -0.2) is 29.6 Å². The summed E-state index contributed by atoms with van der Waals surface area (Å²) in [5.74, 6) is -0.340. The average molecular weight is 288 g/mol. The molecular weight excluding hydrogens is 273 g/mol. The van der Waals surface area contributed by atoms with Gasteiger partial charge in [-0.2, -0.15) is 0 Å². The number of halogens is 2. The first-order valence-electron chi connectivity index (χ1n) is 5.30. The zero-order chi connectivity index (χ0) is 11.9. The van der Waals surface area contributed by atoms with E-state index in [1.807, 2.05) is 18.9 Å². The number of β-amino-alcohol motifs (C(OH)–C–C–N with tert-alkyl or cyclic N) is 1. The quantitative estimate of drug-likeness (QED) is 0.858. The first-order chi connectivity index (χ1) is 7.42. The van der Waals surface area contributed by atoms with Crippen molar-refractivity contribution in [1.82, 2.24) is 4.90 Å². The molecule has 0 radical (unpaired) electrons. The molecule has 0 bridgehead atoms. The number of hydrogen-bond acceptors (Lipinski definition) is 2. The van der Waals surface area contributed by atoms with E-state index in [0.717, 1.165) is 4.47 Å². The fourth-order valence-corrected chi connectivity index (χ4v) is 2.69. The van der Waals surface area contributed by atoms with E-state index in [9.17, 15) is 9.50 Å². The van der Waals surface area contributed by atoms with Gasteiger partial charge in [-0.05, 0) is 38.6 Å². The Bertz CT molecular complexity index is 400. The highest BCUT2D eigenvalue weighted by Crippen LogP contribution is 2.37. The largest absolute Gasteiger partial charge is 0.384 e. The zero-order valence-corrected chi connectivity index (χ0v) is 11.0. The van der Waals surface area contributed by atoms with Crippen molar-refractivity contribution in [2.45, 2.75) is 25.0 Å². The van der Waals surface area contributed by atoms with E-state index < -0.39 is 5.60 Å². The van der Waals surface area contributed by atoms with Crippen LogP contribution >= 0.6 is 15.9 Å². The molecule has 4 heteroatoms. The summed E-state index contributed by atoms with van der Waals surface area (Å²) in [4.78, 5) is 2.04. The summed E-state index contributed by atoms with van der Waals surface area (Å²) in [5.41, 5.74) is -0.680. The molecule has 1 aliphatic rings. The zero-order valence-electron chi connectivity index (χ0n) is 9.37. The maximum Gasteiger partial charge on any atom is 0.129 e. The molecule has 1 aromatic rings. The molecule has 2 nitrogen and oxygen atoms in total. The van der Waals surface area contributed by atoms with Crippen LogP contribution < -0.4 is 0 Å². The SMILES string of the molecule is CC1CC(O)(c2cc(Br)ccc2F)CN1C. The van der Waals surface area contributed by atoms with Crippen molar-refractivity contribution >= 4 is 15.9 Å². The van der Waals surface area contributed by atoms with E-state index in [4.69, 9.17) is 0 Å². The number of benzene rings is 1. The molecular formula is C12H15BrFNO. The minimum Gasteiger partial charge on any atom is -0.384 e. The van der Waals surface area contributed by atoms with Crippen LogP contribution in [0.15, 0.2) is 22.7 Å². The van der Waals surface area contributed by atoms with Crippen molar-refractivity contribution in [2.24, 2.45) is 0 Å². The normalized spacial score (nSPS) is 30.9. The number of likely N-dealkylation sites (tertiary alicyclic amines) is 1. The molecule has 2 unspecified atom stereocenters. The molecule has 88 valence electrons. The van der Waals surface area contributed by atoms with Gasteiger partial charge in [-0.1, -0.05) is 15.9 Å². The van der Waals surface area contributed by atoms with Crippen molar-refractivity contribution in [3.05, 3.63) is 34.1 Å². The van der Waals surface area contributed by atoms with Crippen molar-refractivity contribution in [3.8, 4) is 0 Å². The van der Waals surface area contributed by atoms with E-state index >= 15 is 0 Å². The van der Waals surface area contributed by atoms with Gasteiger partial charge in [0.1, 0.15) is 11.4 Å². The molecule has 1 fully saturated rings. The average Bonchev–Trinajstić information content (AvgIpc) is 2.46. The molecule has 1 saturated heterocycles. The van der Waals surface area contributed by atoms with Gasteiger partial charge in [0.25, 0.3) is 0 Å². The lowest BCUT2D eigenvalue weighted by atomic mass is 9.91. The van der Waals surface area contributed by atoms with Gasteiger partial charge in [-0.25, -0.2) is 4.39 Å². The van der Waals surface area contributed by atoms with Gasteiger partial charge in [0.05, 0.1) is 0 Å². The lowest BCUT2D eigenvalue weighted by Gasteiger charge is -2.23. The Kier molecular flexibility index (Phi) is 3.07. The van der Waals surface area contributed by atoms with E-state index in [-0.39, 0.29) is 11.9 Å². The van der Waals surface area contributed by atoms with Gasteiger partial charge in [-0.15, -0.1) is 0 Å². The predicted molar refractivity (Wildman–Crippen MR) is 64.7 cm³/mol.